The summed E-state index contributed by atoms with van der Waals surface area (Å²) in [7, 11) is 0. The Balaban J connectivity index is 1.33. The number of benzene rings is 4. The highest BCUT2D eigenvalue weighted by atomic mass is 16.2. The second-order valence-corrected chi connectivity index (χ2v) is 9.97. The van der Waals surface area contributed by atoms with Gasteiger partial charge in [0.2, 0.25) is 0 Å². The van der Waals surface area contributed by atoms with E-state index >= 15 is 0 Å². The lowest BCUT2D eigenvalue weighted by atomic mass is 10.1. The fraction of sp³-hybridized carbons (Fsp3) is 0.212. The van der Waals surface area contributed by atoms with Gasteiger partial charge in [-0.2, -0.15) is 0 Å². The molecule has 38 heavy (non-hydrogen) atoms. The van der Waals surface area contributed by atoms with Crippen LogP contribution in [0, 0.1) is 0 Å². The van der Waals surface area contributed by atoms with Gasteiger partial charge in [-0.05, 0) is 61.7 Å². The molecule has 0 saturated heterocycles. The molecule has 192 valence electrons. The number of carbonyl (C=O) groups is 2. The van der Waals surface area contributed by atoms with Crippen molar-refractivity contribution in [2.45, 2.75) is 39.0 Å². The number of carbonyl (C=O) groups excluding carboxylic acids is 2. The normalized spacial score (nSPS) is 14.4. The van der Waals surface area contributed by atoms with Gasteiger partial charge < -0.3 is 15.1 Å². The highest BCUT2D eigenvalue weighted by molar-refractivity contribution is 5.99. The SMILES string of the molecule is CC(C)N1C(=O)c2ccccc2C1Nc1ccc(C(=O)N(CCc2ccccc2)Cc2ccccc2)cc1. The maximum absolute atomic E-state index is 13.6. The zero-order valence-corrected chi connectivity index (χ0v) is 21.9. The number of hydrogen-bond acceptors (Lipinski definition) is 3. The lowest BCUT2D eigenvalue weighted by molar-refractivity contribution is 0.0684. The molecule has 0 radical (unpaired) electrons. The van der Waals surface area contributed by atoms with Gasteiger partial charge in [0.05, 0.1) is 0 Å². The van der Waals surface area contributed by atoms with Gasteiger partial charge in [-0.3, -0.25) is 9.59 Å². The number of fused-ring (bicyclic) bond motifs is 1. The highest BCUT2D eigenvalue weighted by Crippen LogP contribution is 2.35. The molecule has 5 nitrogen and oxygen atoms in total. The van der Waals surface area contributed by atoms with E-state index in [1.165, 1.54) is 5.56 Å². The molecule has 1 unspecified atom stereocenters. The van der Waals surface area contributed by atoms with Crippen LogP contribution >= 0.6 is 0 Å². The van der Waals surface area contributed by atoms with Crippen molar-refractivity contribution in [3.63, 3.8) is 0 Å². The fourth-order valence-electron chi connectivity index (χ4n) is 5.03. The largest absolute Gasteiger partial charge is 0.361 e. The summed E-state index contributed by atoms with van der Waals surface area (Å²) in [6.07, 6.45) is 0.542. The van der Waals surface area contributed by atoms with Crippen LogP contribution in [0.15, 0.2) is 109 Å². The monoisotopic (exact) mass is 503 g/mol. The summed E-state index contributed by atoms with van der Waals surface area (Å²) >= 11 is 0. The Morgan fingerprint density at radius 2 is 1.42 bits per heavy atom. The van der Waals surface area contributed by atoms with Crippen LogP contribution in [-0.2, 0) is 13.0 Å². The van der Waals surface area contributed by atoms with Crippen molar-refractivity contribution < 1.29 is 9.59 Å². The molecule has 0 aromatic heterocycles. The van der Waals surface area contributed by atoms with E-state index in [1.807, 2.05) is 109 Å². The summed E-state index contributed by atoms with van der Waals surface area (Å²) in [6.45, 7) is 5.23. The summed E-state index contributed by atoms with van der Waals surface area (Å²) < 4.78 is 0. The summed E-state index contributed by atoms with van der Waals surface area (Å²) in [5.74, 6) is 0.0383. The average Bonchev–Trinajstić information content (AvgIpc) is 3.23. The van der Waals surface area contributed by atoms with Gasteiger partial charge >= 0.3 is 0 Å². The predicted molar refractivity (Wildman–Crippen MR) is 152 cm³/mol. The van der Waals surface area contributed by atoms with E-state index in [1.54, 1.807) is 0 Å². The van der Waals surface area contributed by atoms with Gasteiger partial charge in [-0.1, -0.05) is 78.9 Å². The summed E-state index contributed by atoms with van der Waals surface area (Å²) in [5.41, 5.74) is 5.52. The minimum absolute atomic E-state index is 0.00142. The Kier molecular flexibility index (Phi) is 7.55. The van der Waals surface area contributed by atoms with Crippen LogP contribution in [0.3, 0.4) is 0 Å². The van der Waals surface area contributed by atoms with Crippen LogP contribution < -0.4 is 5.32 Å². The summed E-state index contributed by atoms with van der Waals surface area (Å²) in [6, 6.07) is 35.7. The van der Waals surface area contributed by atoms with Crippen molar-refractivity contribution in [3.8, 4) is 0 Å². The van der Waals surface area contributed by atoms with Crippen LogP contribution in [0.25, 0.3) is 0 Å². The molecule has 1 atom stereocenters. The molecule has 0 bridgehead atoms. The number of amides is 2. The molecule has 0 fully saturated rings. The molecule has 4 aromatic carbocycles. The standard InChI is InChI=1S/C33H33N3O2/c1-24(2)36-31(29-15-9-10-16-30(29)33(36)38)34-28-19-17-27(18-20-28)32(37)35(23-26-13-7-4-8-14-26)22-21-25-11-5-3-6-12-25/h3-20,24,31,34H,21-23H2,1-2H3. The maximum atomic E-state index is 13.6. The van der Waals surface area contributed by atoms with Crippen molar-refractivity contribution in [2.75, 3.05) is 11.9 Å². The quantitative estimate of drug-likeness (QED) is 0.282. The van der Waals surface area contributed by atoms with E-state index in [0.717, 1.165) is 28.8 Å². The number of nitrogens with one attached hydrogen (secondary N) is 1. The third kappa shape index (κ3) is 5.47. The van der Waals surface area contributed by atoms with Gasteiger partial charge in [-0.15, -0.1) is 0 Å². The molecule has 4 aromatic rings. The number of hydrogen-bond donors (Lipinski definition) is 1. The molecule has 0 spiro atoms. The second kappa shape index (κ2) is 11.3. The van der Waals surface area contributed by atoms with Gasteiger partial charge in [0.15, 0.2) is 0 Å². The van der Waals surface area contributed by atoms with Gasteiger partial charge in [0.25, 0.3) is 11.8 Å². The Morgan fingerprint density at radius 1 is 0.816 bits per heavy atom. The van der Waals surface area contributed by atoms with Crippen LogP contribution in [-0.4, -0.2) is 34.2 Å². The molecule has 2 amide bonds. The zero-order valence-electron chi connectivity index (χ0n) is 21.9. The van der Waals surface area contributed by atoms with Crippen LogP contribution in [0.5, 0.6) is 0 Å². The molecule has 5 rings (SSSR count). The number of anilines is 1. The zero-order chi connectivity index (χ0) is 26.5. The molecule has 0 saturated carbocycles. The van der Waals surface area contributed by atoms with E-state index in [-0.39, 0.29) is 24.0 Å². The molecule has 1 aliphatic heterocycles. The topological polar surface area (TPSA) is 52.7 Å². The van der Waals surface area contributed by atoms with Gasteiger partial charge in [-0.25, -0.2) is 0 Å². The molecule has 5 heteroatoms. The summed E-state index contributed by atoms with van der Waals surface area (Å²) in [5, 5.41) is 3.52. The minimum atomic E-state index is -0.249. The highest BCUT2D eigenvalue weighted by Gasteiger charge is 2.37. The first kappa shape index (κ1) is 25.3. The van der Waals surface area contributed by atoms with Crippen molar-refractivity contribution in [1.29, 1.82) is 0 Å². The van der Waals surface area contributed by atoms with Gasteiger partial charge in [0, 0.05) is 41.5 Å². The first-order chi connectivity index (χ1) is 18.5. The molecule has 0 aliphatic carbocycles. The van der Waals surface area contributed by atoms with Crippen LogP contribution in [0.4, 0.5) is 5.69 Å². The van der Waals surface area contributed by atoms with E-state index < -0.39 is 0 Å². The van der Waals surface area contributed by atoms with Crippen molar-refractivity contribution in [2.24, 2.45) is 0 Å². The van der Waals surface area contributed by atoms with E-state index in [2.05, 4.69) is 29.6 Å². The van der Waals surface area contributed by atoms with Crippen molar-refractivity contribution >= 4 is 17.5 Å². The Labute approximate surface area is 224 Å². The van der Waals surface area contributed by atoms with E-state index in [4.69, 9.17) is 0 Å². The Hall–Kier alpha value is -4.38. The van der Waals surface area contributed by atoms with Crippen LogP contribution in [0.2, 0.25) is 0 Å². The molecule has 1 heterocycles. The van der Waals surface area contributed by atoms with Crippen LogP contribution in [0.1, 0.15) is 57.4 Å². The molecule has 1 aliphatic rings. The Bertz CT molecular complexity index is 1380. The van der Waals surface area contributed by atoms with E-state index in [9.17, 15) is 9.59 Å². The van der Waals surface area contributed by atoms with E-state index in [0.29, 0.717) is 18.7 Å². The third-order valence-electron chi connectivity index (χ3n) is 7.01. The third-order valence-corrected chi connectivity index (χ3v) is 7.01. The molecular weight excluding hydrogens is 470 g/mol. The molecular formula is C33H33N3O2. The lowest BCUT2D eigenvalue weighted by Gasteiger charge is -2.30. The van der Waals surface area contributed by atoms with Gasteiger partial charge in [0.1, 0.15) is 6.17 Å². The smallest absolute Gasteiger partial charge is 0.256 e. The first-order valence-corrected chi connectivity index (χ1v) is 13.2. The van der Waals surface area contributed by atoms with Crippen molar-refractivity contribution in [1.82, 2.24) is 9.80 Å². The average molecular weight is 504 g/mol. The maximum Gasteiger partial charge on any atom is 0.256 e. The Morgan fingerprint density at radius 3 is 2.08 bits per heavy atom. The lowest BCUT2D eigenvalue weighted by Crippen LogP contribution is -2.37. The number of nitrogens with zero attached hydrogens (tertiary/aromatic N) is 2. The first-order valence-electron chi connectivity index (χ1n) is 13.2. The summed E-state index contributed by atoms with van der Waals surface area (Å²) in [4.78, 5) is 30.4. The number of rotatable bonds is 9. The fourth-order valence-corrected chi connectivity index (χ4v) is 5.03. The molecule has 1 N–H and O–H groups in total. The predicted octanol–water partition coefficient (Wildman–Crippen LogP) is 6.55. The minimum Gasteiger partial charge on any atom is -0.361 e. The van der Waals surface area contributed by atoms with Crippen molar-refractivity contribution in [3.05, 3.63) is 137 Å². The second-order valence-electron chi connectivity index (χ2n) is 9.97.